The largest absolute Gasteiger partial charge is 0.292 e. The molecule has 152 valence electrons. The van der Waals surface area contributed by atoms with Gasteiger partial charge in [-0.05, 0) is 43.1 Å². The number of hydrogen-bond donors (Lipinski definition) is 0. The minimum atomic E-state index is -0.0411. The minimum Gasteiger partial charge on any atom is -0.292 e. The molecule has 0 radical (unpaired) electrons. The summed E-state index contributed by atoms with van der Waals surface area (Å²) in [4.78, 5) is 18.7. The van der Waals surface area contributed by atoms with Gasteiger partial charge in [0.05, 0.1) is 17.7 Å². The van der Waals surface area contributed by atoms with E-state index < -0.39 is 0 Å². The second kappa shape index (κ2) is 7.15. The van der Waals surface area contributed by atoms with Crippen LogP contribution in [-0.2, 0) is 13.6 Å². The Balaban J connectivity index is 1.44. The van der Waals surface area contributed by atoms with Gasteiger partial charge >= 0.3 is 0 Å². The van der Waals surface area contributed by atoms with Gasteiger partial charge in [0.1, 0.15) is 17.4 Å². The van der Waals surface area contributed by atoms with E-state index in [1.54, 1.807) is 22.6 Å². The third-order valence-electron chi connectivity index (χ3n) is 5.51. The van der Waals surface area contributed by atoms with Gasteiger partial charge in [0.15, 0.2) is 5.82 Å². The Kier molecular flexibility index (Phi) is 4.44. The molecule has 5 aromatic rings. The van der Waals surface area contributed by atoms with Gasteiger partial charge in [-0.2, -0.15) is 5.10 Å². The monoisotopic (exact) mass is 420 g/mol. The van der Waals surface area contributed by atoms with Gasteiger partial charge in [-0.1, -0.05) is 12.1 Å². The van der Waals surface area contributed by atoms with Crippen molar-refractivity contribution in [2.45, 2.75) is 19.5 Å². The topological polar surface area (TPSA) is 86.1 Å². The fourth-order valence-electron chi connectivity index (χ4n) is 3.62. The standard InChI is InChI=1S/C20H20N8OS/c1-13(14-4-6-15(7-5-14)27-12-21-11-22-27)25(2)10-17-23-24-20-26(3)19(29)18-16(28(17)20)8-9-30-18/h4-9,11-13H,10H2,1-3H3. The summed E-state index contributed by atoms with van der Waals surface area (Å²) in [5.41, 5.74) is 2.97. The van der Waals surface area contributed by atoms with Crippen LogP contribution in [0.2, 0.25) is 0 Å². The summed E-state index contributed by atoms with van der Waals surface area (Å²) < 4.78 is 5.98. The molecule has 0 fully saturated rings. The Hall–Kier alpha value is -3.37. The predicted octanol–water partition coefficient (Wildman–Crippen LogP) is 2.42. The van der Waals surface area contributed by atoms with Crippen molar-refractivity contribution in [1.29, 1.82) is 0 Å². The molecule has 10 heteroatoms. The normalized spacial score (nSPS) is 12.9. The van der Waals surface area contributed by atoms with E-state index in [0.29, 0.717) is 17.0 Å². The SMILES string of the molecule is CC(c1ccc(-n2cncn2)cc1)N(C)Cc1nnc2n(C)c(=O)c3sccc3n12. The van der Waals surface area contributed by atoms with E-state index in [-0.39, 0.29) is 11.6 Å². The molecule has 5 rings (SSSR count). The van der Waals surface area contributed by atoms with Crippen LogP contribution in [0, 0.1) is 0 Å². The zero-order valence-corrected chi connectivity index (χ0v) is 17.6. The van der Waals surface area contributed by atoms with Gasteiger partial charge < -0.3 is 0 Å². The van der Waals surface area contributed by atoms with Crippen molar-refractivity contribution < 1.29 is 0 Å². The van der Waals surface area contributed by atoms with Crippen molar-refractivity contribution in [2.24, 2.45) is 7.05 Å². The van der Waals surface area contributed by atoms with Crippen LogP contribution in [-0.4, -0.2) is 45.9 Å². The van der Waals surface area contributed by atoms with E-state index in [1.807, 2.05) is 28.0 Å². The molecule has 0 aliphatic rings. The van der Waals surface area contributed by atoms with Gasteiger partial charge in [0.2, 0.25) is 5.78 Å². The molecule has 0 amide bonds. The molecule has 9 nitrogen and oxygen atoms in total. The Labute approximate surface area is 175 Å². The Morgan fingerprint density at radius 1 is 1.17 bits per heavy atom. The highest BCUT2D eigenvalue weighted by atomic mass is 32.1. The molecule has 30 heavy (non-hydrogen) atoms. The number of nitrogens with zero attached hydrogens (tertiary/aromatic N) is 8. The van der Waals surface area contributed by atoms with Crippen molar-refractivity contribution in [3.05, 3.63) is 70.1 Å². The van der Waals surface area contributed by atoms with E-state index in [9.17, 15) is 4.79 Å². The second-order valence-corrected chi connectivity index (χ2v) is 8.19. The fraction of sp³-hybridized carbons (Fsp3) is 0.250. The van der Waals surface area contributed by atoms with Gasteiger partial charge in [0.25, 0.3) is 5.56 Å². The number of aromatic nitrogens is 7. The number of aryl methyl sites for hydroxylation is 1. The number of fused-ring (bicyclic) bond motifs is 3. The van der Waals surface area contributed by atoms with Crippen molar-refractivity contribution >= 4 is 27.3 Å². The summed E-state index contributed by atoms with van der Waals surface area (Å²) in [5, 5.41) is 14.8. The van der Waals surface area contributed by atoms with Crippen molar-refractivity contribution in [3.8, 4) is 5.69 Å². The maximum Gasteiger partial charge on any atom is 0.272 e. The van der Waals surface area contributed by atoms with Crippen LogP contribution in [0.4, 0.5) is 0 Å². The van der Waals surface area contributed by atoms with Crippen LogP contribution >= 0.6 is 11.3 Å². The van der Waals surface area contributed by atoms with Crippen LogP contribution in [0.5, 0.6) is 0 Å². The van der Waals surface area contributed by atoms with Crippen molar-refractivity contribution in [2.75, 3.05) is 7.05 Å². The number of benzene rings is 1. The Bertz CT molecular complexity index is 1380. The average molecular weight is 421 g/mol. The molecule has 1 unspecified atom stereocenters. The van der Waals surface area contributed by atoms with Gasteiger partial charge in [-0.15, -0.1) is 21.5 Å². The first kappa shape index (κ1) is 18.6. The molecule has 0 saturated carbocycles. The number of hydrogen-bond acceptors (Lipinski definition) is 7. The highest BCUT2D eigenvalue weighted by Gasteiger charge is 2.19. The number of rotatable bonds is 5. The molecular weight excluding hydrogens is 400 g/mol. The lowest BCUT2D eigenvalue weighted by Gasteiger charge is -2.24. The molecule has 0 aliphatic carbocycles. The minimum absolute atomic E-state index is 0.0411. The lowest BCUT2D eigenvalue weighted by atomic mass is 10.1. The molecule has 4 aromatic heterocycles. The average Bonchev–Trinajstić information content (AvgIpc) is 3.52. The molecule has 4 heterocycles. The number of thiophene rings is 1. The first-order valence-electron chi connectivity index (χ1n) is 9.50. The summed E-state index contributed by atoms with van der Waals surface area (Å²) in [6, 6.07) is 10.4. The molecule has 0 N–H and O–H groups in total. The lowest BCUT2D eigenvalue weighted by molar-refractivity contribution is 0.246. The zero-order chi connectivity index (χ0) is 20.8. The van der Waals surface area contributed by atoms with Crippen LogP contribution in [0.25, 0.3) is 21.7 Å². The first-order chi connectivity index (χ1) is 14.5. The highest BCUT2D eigenvalue weighted by molar-refractivity contribution is 7.17. The van der Waals surface area contributed by atoms with E-state index >= 15 is 0 Å². The third-order valence-corrected chi connectivity index (χ3v) is 6.40. The van der Waals surface area contributed by atoms with Crippen LogP contribution in [0.1, 0.15) is 24.4 Å². The van der Waals surface area contributed by atoms with Crippen molar-refractivity contribution in [3.63, 3.8) is 0 Å². The van der Waals surface area contributed by atoms with E-state index in [1.165, 1.54) is 23.2 Å². The maximum atomic E-state index is 12.5. The second-order valence-electron chi connectivity index (χ2n) is 7.27. The predicted molar refractivity (Wildman–Crippen MR) is 115 cm³/mol. The van der Waals surface area contributed by atoms with Gasteiger partial charge in [-0.25, -0.2) is 9.67 Å². The zero-order valence-electron chi connectivity index (χ0n) is 16.8. The first-order valence-corrected chi connectivity index (χ1v) is 10.4. The molecular formula is C20H20N8OS. The molecule has 0 spiro atoms. The Morgan fingerprint density at radius 2 is 1.97 bits per heavy atom. The van der Waals surface area contributed by atoms with Crippen molar-refractivity contribution in [1.82, 2.24) is 38.8 Å². The van der Waals surface area contributed by atoms with E-state index in [4.69, 9.17) is 0 Å². The lowest BCUT2D eigenvalue weighted by Crippen LogP contribution is -2.24. The molecule has 0 aliphatic heterocycles. The van der Waals surface area contributed by atoms with Crippen LogP contribution in [0.3, 0.4) is 0 Å². The summed E-state index contributed by atoms with van der Waals surface area (Å²) in [7, 11) is 3.79. The van der Waals surface area contributed by atoms with Crippen LogP contribution < -0.4 is 5.56 Å². The van der Waals surface area contributed by atoms with Gasteiger partial charge in [-0.3, -0.25) is 18.7 Å². The molecule has 1 atom stereocenters. The maximum absolute atomic E-state index is 12.5. The quantitative estimate of drug-likeness (QED) is 0.434. The van der Waals surface area contributed by atoms with Gasteiger partial charge in [0, 0.05) is 13.1 Å². The fourth-order valence-corrected chi connectivity index (χ4v) is 4.47. The molecule has 1 aromatic carbocycles. The van der Waals surface area contributed by atoms with Crippen LogP contribution in [0.15, 0.2) is 53.2 Å². The summed E-state index contributed by atoms with van der Waals surface area (Å²) in [6.07, 6.45) is 3.20. The smallest absolute Gasteiger partial charge is 0.272 e. The van der Waals surface area contributed by atoms with E-state index in [0.717, 1.165) is 17.0 Å². The highest BCUT2D eigenvalue weighted by Crippen LogP contribution is 2.24. The summed E-state index contributed by atoms with van der Waals surface area (Å²) in [6.45, 7) is 2.75. The summed E-state index contributed by atoms with van der Waals surface area (Å²) in [5.74, 6) is 1.36. The summed E-state index contributed by atoms with van der Waals surface area (Å²) >= 11 is 1.44. The molecule has 0 bridgehead atoms. The molecule has 0 saturated heterocycles. The van der Waals surface area contributed by atoms with E-state index in [2.05, 4.69) is 51.3 Å². The Morgan fingerprint density at radius 3 is 2.70 bits per heavy atom. The third kappa shape index (κ3) is 2.92.